The molecule has 1 aliphatic rings. The minimum atomic E-state index is -3.66. The van der Waals surface area contributed by atoms with Crippen molar-refractivity contribution in [2.45, 2.75) is 24.8 Å². The number of nitrogens with one attached hydrogen (secondary N) is 2. The van der Waals surface area contributed by atoms with Crippen molar-refractivity contribution < 1.29 is 13.2 Å². The Morgan fingerprint density at radius 2 is 2.19 bits per heavy atom. The second-order valence-electron chi connectivity index (χ2n) is 5.05. The number of amides is 1. The van der Waals surface area contributed by atoms with Gasteiger partial charge in [-0.3, -0.25) is 4.79 Å². The van der Waals surface area contributed by atoms with Gasteiger partial charge in [-0.2, -0.15) is 0 Å². The minimum Gasteiger partial charge on any atom is -0.345 e. The van der Waals surface area contributed by atoms with Crippen LogP contribution < -0.4 is 10.0 Å². The van der Waals surface area contributed by atoms with E-state index in [1.807, 2.05) is 13.0 Å². The molecular weight excluding hydrogens is 290 g/mol. The highest BCUT2D eigenvalue weighted by Crippen LogP contribution is 2.22. The summed E-state index contributed by atoms with van der Waals surface area (Å²) in [4.78, 5) is 13.5. The van der Waals surface area contributed by atoms with Crippen LogP contribution in [0.2, 0.25) is 0 Å². The van der Waals surface area contributed by atoms with Crippen LogP contribution in [0.15, 0.2) is 23.1 Å². The molecule has 0 saturated carbocycles. The lowest BCUT2D eigenvalue weighted by atomic mass is 10.0. The Bertz CT molecular complexity index is 628. The third-order valence-corrected chi connectivity index (χ3v) is 5.19. The van der Waals surface area contributed by atoms with Crippen LogP contribution in [0, 0.1) is 0 Å². The fraction of sp³-hybridized carbons (Fsp3) is 0.500. The normalized spacial score (nSPS) is 14.6. The number of benzene rings is 1. The van der Waals surface area contributed by atoms with Crippen LogP contribution in [0.4, 0.5) is 0 Å². The average Bonchev–Trinajstić information content (AvgIpc) is 2.51. The van der Waals surface area contributed by atoms with Crippen molar-refractivity contribution in [3.63, 3.8) is 0 Å². The molecule has 0 spiro atoms. The molecule has 0 saturated heterocycles. The van der Waals surface area contributed by atoms with Crippen LogP contribution >= 0.6 is 0 Å². The monoisotopic (exact) mass is 311 g/mol. The first-order chi connectivity index (χ1) is 9.95. The molecule has 0 unspecified atom stereocenters. The van der Waals surface area contributed by atoms with E-state index in [9.17, 15) is 13.2 Å². The van der Waals surface area contributed by atoms with Crippen molar-refractivity contribution in [2.24, 2.45) is 0 Å². The largest absolute Gasteiger partial charge is 0.345 e. The average molecular weight is 311 g/mol. The van der Waals surface area contributed by atoms with Gasteiger partial charge < -0.3 is 10.2 Å². The minimum absolute atomic E-state index is 0.214. The van der Waals surface area contributed by atoms with Gasteiger partial charge in [-0.25, -0.2) is 13.1 Å². The second-order valence-corrected chi connectivity index (χ2v) is 6.79. The zero-order valence-electron chi connectivity index (χ0n) is 12.3. The number of carbonyl (C=O) groups is 1. The first-order valence-corrected chi connectivity index (χ1v) is 8.49. The number of hydrogen-bond acceptors (Lipinski definition) is 4. The van der Waals surface area contributed by atoms with E-state index in [0.717, 1.165) is 17.7 Å². The molecular formula is C14H21N3O3S. The summed E-state index contributed by atoms with van der Waals surface area (Å²) in [5.41, 5.74) is 1.85. The SMILES string of the molecule is CCN(C)C(=O)CNS(=O)(=O)c1cccc2c1CCNC2. The number of hydrogen-bond donors (Lipinski definition) is 2. The third kappa shape index (κ3) is 3.61. The molecule has 0 radical (unpaired) electrons. The summed E-state index contributed by atoms with van der Waals surface area (Å²) < 4.78 is 27.2. The van der Waals surface area contributed by atoms with Gasteiger partial charge in [0.15, 0.2) is 0 Å². The summed E-state index contributed by atoms with van der Waals surface area (Å²) in [6, 6.07) is 5.26. The van der Waals surface area contributed by atoms with Gasteiger partial charge in [0.05, 0.1) is 11.4 Å². The van der Waals surface area contributed by atoms with E-state index in [1.165, 1.54) is 4.90 Å². The molecule has 1 aromatic carbocycles. The molecule has 6 nitrogen and oxygen atoms in total. The molecule has 0 aromatic heterocycles. The molecule has 21 heavy (non-hydrogen) atoms. The zero-order chi connectivity index (χ0) is 15.5. The summed E-state index contributed by atoms with van der Waals surface area (Å²) >= 11 is 0. The molecule has 0 bridgehead atoms. The highest BCUT2D eigenvalue weighted by molar-refractivity contribution is 7.89. The lowest BCUT2D eigenvalue weighted by Crippen LogP contribution is -2.38. The Morgan fingerprint density at radius 3 is 2.90 bits per heavy atom. The molecule has 1 amide bonds. The third-order valence-electron chi connectivity index (χ3n) is 3.70. The lowest BCUT2D eigenvalue weighted by molar-refractivity contribution is -0.128. The van der Waals surface area contributed by atoms with Crippen LogP contribution in [0.1, 0.15) is 18.1 Å². The number of carbonyl (C=O) groups excluding carboxylic acids is 1. The molecule has 116 valence electrons. The number of likely N-dealkylation sites (N-methyl/N-ethyl adjacent to an activating group) is 1. The number of sulfonamides is 1. The van der Waals surface area contributed by atoms with Crippen molar-refractivity contribution >= 4 is 15.9 Å². The van der Waals surface area contributed by atoms with Crippen molar-refractivity contribution in [1.29, 1.82) is 0 Å². The topological polar surface area (TPSA) is 78.5 Å². The number of nitrogens with zero attached hydrogens (tertiary/aromatic N) is 1. The lowest BCUT2D eigenvalue weighted by Gasteiger charge is -2.21. The molecule has 0 fully saturated rings. The van der Waals surface area contributed by atoms with Crippen LogP contribution in [0.5, 0.6) is 0 Å². The van der Waals surface area contributed by atoms with Gasteiger partial charge in [0.2, 0.25) is 15.9 Å². The molecule has 7 heteroatoms. The second kappa shape index (κ2) is 6.55. The van der Waals surface area contributed by atoms with Gasteiger partial charge in [0, 0.05) is 20.1 Å². The first-order valence-electron chi connectivity index (χ1n) is 7.01. The molecule has 1 heterocycles. The van der Waals surface area contributed by atoms with Crippen LogP contribution in [-0.4, -0.2) is 45.9 Å². The maximum Gasteiger partial charge on any atom is 0.241 e. The van der Waals surface area contributed by atoms with Gasteiger partial charge >= 0.3 is 0 Å². The molecule has 1 aromatic rings. The van der Waals surface area contributed by atoms with Gasteiger partial charge in [-0.15, -0.1) is 0 Å². The standard InChI is InChI=1S/C14H21N3O3S/c1-3-17(2)14(18)10-16-21(19,20)13-6-4-5-11-9-15-8-7-12(11)13/h4-6,15-16H,3,7-10H2,1-2H3. The van der Waals surface area contributed by atoms with E-state index in [0.29, 0.717) is 19.5 Å². The summed E-state index contributed by atoms with van der Waals surface area (Å²) in [7, 11) is -2.02. The molecule has 0 atom stereocenters. The van der Waals surface area contributed by atoms with Gasteiger partial charge in [-0.05, 0) is 37.1 Å². The zero-order valence-corrected chi connectivity index (χ0v) is 13.2. The summed E-state index contributed by atoms with van der Waals surface area (Å²) in [6.07, 6.45) is 0.676. The molecule has 1 aliphatic heterocycles. The predicted octanol–water partition coefficient (Wildman–Crippen LogP) is 0.0889. The van der Waals surface area contributed by atoms with E-state index in [2.05, 4.69) is 10.0 Å². The van der Waals surface area contributed by atoms with Crippen molar-refractivity contribution in [2.75, 3.05) is 26.7 Å². The number of fused-ring (bicyclic) bond motifs is 1. The first kappa shape index (κ1) is 15.9. The molecule has 0 aliphatic carbocycles. The van der Waals surface area contributed by atoms with E-state index < -0.39 is 10.0 Å². The predicted molar refractivity (Wildman–Crippen MR) is 80.4 cm³/mol. The van der Waals surface area contributed by atoms with Crippen molar-refractivity contribution in [1.82, 2.24) is 14.9 Å². The Labute approximate surface area is 125 Å². The number of rotatable bonds is 5. The Kier molecular flexibility index (Phi) is 4.97. The van der Waals surface area contributed by atoms with Crippen molar-refractivity contribution in [3.8, 4) is 0 Å². The van der Waals surface area contributed by atoms with Crippen LogP contribution in [-0.2, 0) is 27.8 Å². The summed E-state index contributed by atoms with van der Waals surface area (Å²) in [6.45, 7) is 3.61. The summed E-state index contributed by atoms with van der Waals surface area (Å²) in [5, 5.41) is 3.22. The smallest absolute Gasteiger partial charge is 0.241 e. The van der Waals surface area contributed by atoms with Gasteiger partial charge in [0.1, 0.15) is 0 Å². The summed E-state index contributed by atoms with van der Waals surface area (Å²) in [5.74, 6) is -0.243. The fourth-order valence-corrected chi connectivity index (χ4v) is 3.58. The maximum absolute atomic E-state index is 12.4. The van der Waals surface area contributed by atoms with Gasteiger partial charge in [-0.1, -0.05) is 12.1 Å². The molecule has 2 N–H and O–H groups in total. The van der Waals surface area contributed by atoms with Gasteiger partial charge in [0.25, 0.3) is 0 Å². The molecule has 2 rings (SSSR count). The Morgan fingerprint density at radius 1 is 1.43 bits per heavy atom. The Hall–Kier alpha value is -1.44. The van der Waals surface area contributed by atoms with E-state index in [-0.39, 0.29) is 17.3 Å². The highest BCUT2D eigenvalue weighted by atomic mass is 32.2. The Balaban J connectivity index is 2.19. The van der Waals surface area contributed by atoms with E-state index in [1.54, 1.807) is 19.2 Å². The quantitative estimate of drug-likeness (QED) is 0.808. The van der Waals surface area contributed by atoms with E-state index in [4.69, 9.17) is 0 Å². The van der Waals surface area contributed by atoms with Crippen molar-refractivity contribution in [3.05, 3.63) is 29.3 Å². The fourth-order valence-electron chi connectivity index (χ4n) is 2.29. The van der Waals surface area contributed by atoms with E-state index >= 15 is 0 Å². The van der Waals surface area contributed by atoms with Crippen LogP contribution in [0.25, 0.3) is 0 Å². The van der Waals surface area contributed by atoms with Crippen LogP contribution in [0.3, 0.4) is 0 Å². The highest BCUT2D eigenvalue weighted by Gasteiger charge is 2.23. The maximum atomic E-state index is 12.4.